The van der Waals surface area contributed by atoms with E-state index in [9.17, 15) is 4.79 Å². The number of nitrogens with one attached hydrogen (secondary N) is 1. The van der Waals surface area contributed by atoms with Crippen molar-refractivity contribution < 1.29 is 14.3 Å². The number of ether oxygens (including phenoxy) is 2. The van der Waals surface area contributed by atoms with Crippen LogP contribution in [0.3, 0.4) is 0 Å². The zero-order valence-electron chi connectivity index (χ0n) is 17.2. The average Bonchev–Trinajstić information content (AvgIpc) is 3.32. The van der Waals surface area contributed by atoms with E-state index in [-0.39, 0.29) is 12.1 Å². The normalized spacial score (nSPS) is 25.6. The van der Waals surface area contributed by atoms with Crippen LogP contribution in [-0.4, -0.2) is 68.4 Å². The summed E-state index contributed by atoms with van der Waals surface area (Å²) in [6, 6.07) is 4.53. The number of nitrogens with zero attached hydrogens (tertiary/aromatic N) is 2. The Morgan fingerprint density at radius 3 is 2.59 bits per heavy atom. The molecule has 6 heteroatoms. The number of likely N-dealkylation sites (N-methyl/N-ethyl adjacent to an activating group) is 1. The number of urea groups is 1. The Kier molecular flexibility index (Phi) is 6.27. The van der Waals surface area contributed by atoms with E-state index >= 15 is 0 Å². The highest BCUT2D eigenvalue weighted by Gasteiger charge is 2.39. The third-order valence-corrected chi connectivity index (χ3v) is 6.30. The smallest absolute Gasteiger partial charge is 0.321 e. The SMILES string of the molecule is COc1cc(C)c(C)cc1NC(=O)N(C)[C@H]1CCC[C@H]1N1CCC(OC)C1. The van der Waals surface area contributed by atoms with Crippen LogP contribution in [0.4, 0.5) is 10.5 Å². The fraction of sp³-hybridized carbons (Fsp3) is 0.667. The lowest BCUT2D eigenvalue weighted by Gasteiger charge is -2.35. The molecule has 1 N–H and O–H groups in total. The van der Waals surface area contributed by atoms with Crippen LogP contribution in [0.5, 0.6) is 5.75 Å². The van der Waals surface area contributed by atoms with E-state index in [0.717, 1.165) is 55.6 Å². The van der Waals surface area contributed by atoms with Crippen molar-refractivity contribution in [3.8, 4) is 5.75 Å². The minimum atomic E-state index is -0.0732. The first-order chi connectivity index (χ1) is 12.9. The van der Waals surface area contributed by atoms with Gasteiger partial charge in [0, 0.05) is 39.3 Å². The Morgan fingerprint density at radius 2 is 1.93 bits per heavy atom. The Bertz CT molecular complexity index is 679. The molecule has 6 nitrogen and oxygen atoms in total. The molecule has 3 atom stereocenters. The zero-order chi connectivity index (χ0) is 19.6. The molecule has 2 fully saturated rings. The molecule has 1 heterocycles. The van der Waals surface area contributed by atoms with Crippen molar-refractivity contribution in [1.29, 1.82) is 0 Å². The number of anilines is 1. The van der Waals surface area contributed by atoms with E-state index in [1.165, 1.54) is 0 Å². The number of likely N-dealkylation sites (tertiary alicyclic amines) is 1. The summed E-state index contributed by atoms with van der Waals surface area (Å²) in [5.74, 6) is 0.699. The minimum Gasteiger partial charge on any atom is -0.495 e. The molecule has 1 unspecified atom stereocenters. The Labute approximate surface area is 162 Å². The number of aryl methyl sites for hydroxylation is 2. The van der Waals surface area contributed by atoms with Gasteiger partial charge in [0.1, 0.15) is 5.75 Å². The number of hydrogen-bond acceptors (Lipinski definition) is 4. The summed E-state index contributed by atoms with van der Waals surface area (Å²) in [6.07, 6.45) is 4.76. The molecular weight excluding hydrogens is 342 g/mol. The summed E-state index contributed by atoms with van der Waals surface area (Å²) in [6.45, 7) is 6.11. The molecule has 1 aromatic carbocycles. The number of carbonyl (C=O) groups excluding carboxylic acids is 1. The largest absolute Gasteiger partial charge is 0.495 e. The second-order valence-electron chi connectivity index (χ2n) is 7.88. The lowest BCUT2D eigenvalue weighted by molar-refractivity contribution is 0.0907. The quantitative estimate of drug-likeness (QED) is 0.857. The van der Waals surface area contributed by atoms with Crippen molar-refractivity contribution >= 4 is 11.7 Å². The van der Waals surface area contributed by atoms with Crippen LogP contribution in [0.15, 0.2) is 12.1 Å². The van der Waals surface area contributed by atoms with Gasteiger partial charge in [0.15, 0.2) is 0 Å². The van der Waals surface area contributed by atoms with E-state index in [1.54, 1.807) is 14.2 Å². The average molecular weight is 376 g/mol. The molecule has 0 aromatic heterocycles. The van der Waals surface area contributed by atoms with Gasteiger partial charge < -0.3 is 19.7 Å². The van der Waals surface area contributed by atoms with Crippen LogP contribution < -0.4 is 10.1 Å². The van der Waals surface area contributed by atoms with Crippen molar-refractivity contribution in [2.45, 2.75) is 57.7 Å². The first kappa shape index (κ1) is 20.0. The van der Waals surface area contributed by atoms with Gasteiger partial charge in [-0.2, -0.15) is 0 Å². The maximum atomic E-state index is 13.0. The van der Waals surface area contributed by atoms with Gasteiger partial charge in [-0.25, -0.2) is 4.79 Å². The van der Waals surface area contributed by atoms with Gasteiger partial charge in [-0.1, -0.05) is 0 Å². The number of benzene rings is 1. The molecule has 0 bridgehead atoms. The van der Waals surface area contributed by atoms with Gasteiger partial charge in [-0.3, -0.25) is 4.90 Å². The molecule has 1 aromatic rings. The Hall–Kier alpha value is -1.79. The fourth-order valence-corrected chi connectivity index (χ4v) is 4.46. The molecule has 150 valence electrons. The first-order valence-corrected chi connectivity index (χ1v) is 9.90. The monoisotopic (exact) mass is 375 g/mol. The highest BCUT2D eigenvalue weighted by atomic mass is 16.5. The maximum absolute atomic E-state index is 13.0. The number of rotatable bonds is 5. The van der Waals surface area contributed by atoms with E-state index in [4.69, 9.17) is 9.47 Å². The van der Waals surface area contributed by atoms with Gasteiger partial charge in [0.05, 0.1) is 18.9 Å². The van der Waals surface area contributed by atoms with E-state index in [2.05, 4.69) is 10.2 Å². The molecule has 2 amide bonds. The topological polar surface area (TPSA) is 54.0 Å². The van der Waals surface area contributed by atoms with Crippen molar-refractivity contribution in [2.24, 2.45) is 0 Å². The van der Waals surface area contributed by atoms with Gasteiger partial charge in [0.25, 0.3) is 0 Å². The standard InChI is InChI=1S/C21H33N3O3/c1-14-11-17(20(27-5)12-15(14)2)22-21(25)23(3)18-7-6-8-19(18)24-10-9-16(13-24)26-4/h11-12,16,18-19H,6-10,13H2,1-5H3,(H,22,25)/t16?,18-,19+/m0/s1. The molecular formula is C21H33N3O3. The zero-order valence-corrected chi connectivity index (χ0v) is 17.2. The summed E-state index contributed by atoms with van der Waals surface area (Å²) in [7, 11) is 5.34. The lowest BCUT2D eigenvalue weighted by atomic mass is 10.1. The summed E-state index contributed by atoms with van der Waals surface area (Å²) in [4.78, 5) is 17.3. The first-order valence-electron chi connectivity index (χ1n) is 9.90. The molecule has 1 aliphatic carbocycles. The highest BCUT2D eigenvalue weighted by molar-refractivity contribution is 5.91. The summed E-state index contributed by atoms with van der Waals surface area (Å²) in [5.41, 5.74) is 3.01. The second kappa shape index (κ2) is 8.48. The van der Waals surface area contributed by atoms with Crippen molar-refractivity contribution in [3.05, 3.63) is 23.3 Å². The molecule has 1 saturated heterocycles. The van der Waals surface area contributed by atoms with Crippen LogP contribution >= 0.6 is 0 Å². The predicted molar refractivity (Wildman–Crippen MR) is 108 cm³/mol. The van der Waals surface area contributed by atoms with Gasteiger partial charge in [-0.05, 0) is 62.8 Å². The van der Waals surface area contributed by atoms with Crippen molar-refractivity contribution in [1.82, 2.24) is 9.80 Å². The Balaban J connectivity index is 1.69. The fourth-order valence-electron chi connectivity index (χ4n) is 4.46. The maximum Gasteiger partial charge on any atom is 0.321 e. The van der Waals surface area contributed by atoms with Crippen molar-refractivity contribution in [3.63, 3.8) is 0 Å². The summed E-state index contributed by atoms with van der Waals surface area (Å²) in [5, 5.41) is 3.06. The third-order valence-electron chi connectivity index (χ3n) is 6.30. The predicted octanol–water partition coefficient (Wildman–Crippen LogP) is 3.42. The lowest BCUT2D eigenvalue weighted by Crippen LogP contribution is -2.50. The van der Waals surface area contributed by atoms with E-state index in [0.29, 0.717) is 17.9 Å². The molecule has 1 saturated carbocycles. The minimum absolute atomic E-state index is 0.0732. The number of amides is 2. The van der Waals surface area contributed by atoms with E-state index in [1.807, 2.05) is 37.9 Å². The van der Waals surface area contributed by atoms with E-state index < -0.39 is 0 Å². The van der Waals surface area contributed by atoms with Crippen LogP contribution in [0.1, 0.15) is 36.8 Å². The second-order valence-corrected chi connectivity index (χ2v) is 7.88. The molecule has 0 radical (unpaired) electrons. The van der Waals surface area contributed by atoms with Gasteiger partial charge >= 0.3 is 6.03 Å². The van der Waals surface area contributed by atoms with Crippen LogP contribution in [0.2, 0.25) is 0 Å². The summed E-state index contributed by atoms with van der Waals surface area (Å²) >= 11 is 0. The van der Waals surface area contributed by atoms with Crippen LogP contribution in [-0.2, 0) is 4.74 Å². The molecule has 3 rings (SSSR count). The molecule has 1 aliphatic heterocycles. The van der Waals surface area contributed by atoms with Gasteiger partial charge in [0.2, 0.25) is 0 Å². The molecule has 27 heavy (non-hydrogen) atoms. The molecule has 0 spiro atoms. The summed E-state index contributed by atoms with van der Waals surface area (Å²) < 4.78 is 11.0. The number of methoxy groups -OCH3 is 2. The third kappa shape index (κ3) is 4.22. The molecule has 2 aliphatic rings. The number of hydrogen-bond donors (Lipinski definition) is 1. The van der Waals surface area contributed by atoms with Gasteiger partial charge in [-0.15, -0.1) is 0 Å². The number of carbonyl (C=O) groups is 1. The Morgan fingerprint density at radius 1 is 1.19 bits per heavy atom. The highest BCUT2D eigenvalue weighted by Crippen LogP contribution is 2.32. The van der Waals surface area contributed by atoms with Crippen LogP contribution in [0.25, 0.3) is 0 Å². The van der Waals surface area contributed by atoms with Crippen molar-refractivity contribution in [2.75, 3.05) is 39.7 Å². The van der Waals surface area contributed by atoms with Crippen LogP contribution in [0, 0.1) is 13.8 Å².